The SMILES string of the molecule is CCOC(C#N)c1c(-c2cccnc2Cl)[nH]c(C(F)(F)F)c1Br. The summed E-state index contributed by atoms with van der Waals surface area (Å²) in [5.41, 5.74) is -0.679. The van der Waals surface area contributed by atoms with Crippen LogP contribution in [0.2, 0.25) is 5.15 Å². The summed E-state index contributed by atoms with van der Waals surface area (Å²) in [6, 6.07) is 4.90. The van der Waals surface area contributed by atoms with Gasteiger partial charge in [0.15, 0.2) is 6.10 Å². The second-order valence-electron chi connectivity index (χ2n) is 4.41. The lowest BCUT2D eigenvalue weighted by Gasteiger charge is -2.12. The molecule has 0 aliphatic rings. The van der Waals surface area contributed by atoms with Crippen molar-refractivity contribution in [2.45, 2.75) is 19.2 Å². The van der Waals surface area contributed by atoms with Gasteiger partial charge in [0.05, 0.1) is 16.2 Å². The highest BCUT2D eigenvalue weighted by Crippen LogP contribution is 2.44. The molecule has 0 fully saturated rings. The van der Waals surface area contributed by atoms with Gasteiger partial charge in [-0.25, -0.2) is 4.98 Å². The third-order valence-electron chi connectivity index (χ3n) is 3.00. The lowest BCUT2D eigenvalue weighted by Crippen LogP contribution is -2.07. The van der Waals surface area contributed by atoms with Crippen molar-refractivity contribution in [3.8, 4) is 17.3 Å². The van der Waals surface area contributed by atoms with Gasteiger partial charge in [0, 0.05) is 23.9 Å². The van der Waals surface area contributed by atoms with Crippen LogP contribution in [0.3, 0.4) is 0 Å². The van der Waals surface area contributed by atoms with E-state index in [0.717, 1.165) is 0 Å². The summed E-state index contributed by atoms with van der Waals surface area (Å²) in [6.45, 7) is 1.81. The summed E-state index contributed by atoms with van der Waals surface area (Å²) in [7, 11) is 0. The molecule has 23 heavy (non-hydrogen) atoms. The van der Waals surface area contributed by atoms with Crippen LogP contribution in [-0.2, 0) is 10.9 Å². The van der Waals surface area contributed by atoms with E-state index < -0.39 is 18.0 Å². The van der Waals surface area contributed by atoms with Crippen molar-refractivity contribution < 1.29 is 17.9 Å². The third-order valence-corrected chi connectivity index (χ3v) is 4.12. The summed E-state index contributed by atoms with van der Waals surface area (Å²) in [6.07, 6.45) is -4.40. The van der Waals surface area contributed by atoms with E-state index in [9.17, 15) is 18.4 Å². The van der Waals surface area contributed by atoms with Crippen LogP contribution in [0, 0.1) is 11.3 Å². The largest absolute Gasteiger partial charge is 0.432 e. The predicted molar refractivity (Wildman–Crippen MR) is 81.7 cm³/mol. The van der Waals surface area contributed by atoms with E-state index >= 15 is 0 Å². The van der Waals surface area contributed by atoms with Crippen LogP contribution in [0.1, 0.15) is 24.3 Å². The van der Waals surface area contributed by atoms with Crippen molar-refractivity contribution in [3.63, 3.8) is 0 Å². The minimum absolute atomic E-state index is 0.0180. The number of H-pyrrole nitrogens is 1. The molecule has 0 aliphatic heterocycles. The fourth-order valence-electron chi connectivity index (χ4n) is 2.07. The molecule has 1 atom stereocenters. The predicted octanol–water partition coefficient (Wildman–Crippen LogP) is 5.11. The molecule has 1 N–H and O–H groups in total. The normalized spacial score (nSPS) is 12.9. The smallest absolute Gasteiger partial charge is 0.359 e. The van der Waals surface area contributed by atoms with Crippen LogP contribution in [0.15, 0.2) is 22.8 Å². The van der Waals surface area contributed by atoms with Crippen molar-refractivity contribution >= 4 is 27.5 Å². The molecule has 2 aromatic heterocycles. The van der Waals surface area contributed by atoms with Crippen LogP contribution in [0.4, 0.5) is 13.2 Å². The van der Waals surface area contributed by atoms with Crippen LogP contribution in [0.5, 0.6) is 0 Å². The first-order valence-electron chi connectivity index (χ1n) is 6.41. The molecule has 4 nitrogen and oxygen atoms in total. The lowest BCUT2D eigenvalue weighted by molar-refractivity contribution is -0.141. The quantitative estimate of drug-likeness (QED) is 0.715. The molecular weight excluding hydrogens is 399 g/mol. The molecule has 0 saturated heterocycles. The van der Waals surface area contributed by atoms with E-state index in [4.69, 9.17) is 16.3 Å². The summed E-state index contributed by atoms with van der Waals surface area (Å²) in [5, 5.41) is 9.27. The minimum Gasteiger partial charge on any atom is -0.359 e. The number of nitrogens with zero attached hydrogens (tertiary/aromatic N) is 2. The van der Waals surface area contributed by atoms with Crippen molar-refractivity contribution in [2.75, 3.05) is 6.61 Å². The van der Waals surface area contributed by atoms with Gasteiger partial charge in [-0.1, -0.05) is 11.6 Å². The number of rotatable bonds is 4. The maximum absolute atomic E-state index is 13.2. The Kier molecular flexibility index (Phi) is 5.34. The van der Waals surface area contributed by atoms with Gasteiger partial charge in [-0.05, 0) is 35.0 Å². The second kappa shape index (κ2) is 6.91. The monoisotopic (exact) mass is 407 g/mol. The molecule has 9 heteroatoms. The Morgan fingerprint density at radius 2 is 2.22 bits per heavy atom. The van der Waals surface area contributed by atoms with E-state index in [-0.39, 0.29) is 33.1 Å². The first-order valence-corrected chi connectivity index (χ1v) is 7.59. The van der Waals surface area contributed by atoms with Crippen molar-refractivity contribution in [1.29, 1.82) is 5.26 Å². The van der Waals surface area contributed by atoms with Crippen LogP contribution >= 0.6 is 27.5 Å². The average molecular weight is 409 g/mol. The zero-order chi connectivity index (χ0) is 17.2. The molecule has 1 unspecified atom stereocenters. The first kappa shape index (κ1) is 17.8. The third kappa shape index (κ3) is 3.52. The molecule has 0 radical (unpaired) electrons. The Labute approximate surface area is 143 Å². The number of alkyl halides is 3. The molecule has 0 spiro atoms. The zero-order valence-electron chi connectivity index (χ0n) is 11.7. The van der Waals surface area contributed by atoms with Crippen molar-refractivity contribution in [3.05, 3.63) is 39.2 Å². The van der Waals surface area contributed by atoms with Gasteiger partial charge in [0.2, 0.25) is 0 Å². The van der Waals surface area contributed by atoms with Crippen LogP contribution < -0.4 is 0 Å². The highest BCUT2D eigenvalue weighted by molar-refractivity contribution is 9.10. The highest BCUT2D eigenvalue weighted by Gasteiger charge is 2.39. The Morgan fingerprint density at radius 3 is 2.74 bits per heavy atom. The van der Waals surface area contributed by atoms with Gasteiger partial charge in [-0.15, -0.1) is 0 Å². The number of pyridine rings is 1. The van der Waals surface area contributed by atoms with E-state index in [2.05, 4.69) is 25.9 Å². The number of aromatic nitrogens is 2. The number of aromatic amines is 1. The Hall–Kier alpha value is -1.56. The molecule has 0 saturated carbocycles. The molecule has 2 heterocycles. The maximum atomic E-state index is 13.2. The minimum atomic E-state index is -4.63. The van der Waals surface area contributed by atoms with Gasteiger partial charge >= 0.3 is 6.18 Å². The fraction of sp³-hybridized carbons (Fsp3) is 0.286. The van der Waals surface area contributed by atoms with Crippen molar-refractivity contribution in [2.24, 2.45) is 0 Å². The molecule has 0 amide bonds. The summed E-state index contributed by atoms with van der Waals surface area (Å²) in [5.74, 6) is 0. The summed E-state index contributed by atoms with van der Waals surface area (Å²) >= 11 is 8.91. The number of hydrogen-bond acceptors (Lipinski definition) is 3. The molecule has 122 valence electrons. The second-order valence-corrected chi connectivity index (χ2v) is 5.56. The maximum Gasteiger partial charge on any atom is 0.432 e. The van der Waals surface area contributed by atoms with Crippen molar-refractivity contribution in [1.82, 2.24) is 9.97 Å². The highest BCUT2D eigenvalue weighted by atomic mass is 79.9. The lowest BCUT2D eigenvalue weighted by atomic mass is 10.1. The fourth-order valence-corrected chi connectivity index (χ4v) is 3.01. The zero-order valence-corrected chi connectivity index (χ0v) is 14.1. The Bertz CT molecular complexity index is 755. The van der Waals surface area contributed by atoms with E-state index in [0.29, 0.717) is 0 Å². The van der Waals surface area contributed by atoms with Gasteiger partial charge in [0.1, 0.15) is 10.8 Å². The van der Waals surface area contributed by atoms with E-state index in [1.807, 2.05) is 6.07 Å². The molecule has 2 rings (SSSR count). The summed E-state index contributed by atoms with van der Waals surface area (Å²) < 4.78 is 44.5. The first-order chi connectivity index (χ1) is 10.8. The van der Waals surface area contributed by atoms with E-state index in [1.54, 1.807) is 6.92 Å². The standard InChI is InChI=1S/C14H10BrClF3N3O/c1-2-23-8(6-20)9-10(15)12(14(17,18)19)22-11(9)7-4-3-5-21-13(7)16/h3-5,8,22H,2H2,1H3. The Balaban J connectivity index is 2.75. The van der Waals surface area contributed by atoms with E-state index in [1.165, 1.54) is 18.3 Å². The number of nitrogens with one attached hydrogen (secondary N) is 1. The molecule has 0 bridgehead atoms. The van der Waals surface area contributed by atoms with Gasteiger partial charge in [-0.2, -0.15) is 18.4 Å². The number of ether oxygens (including phenoxy) is 1. The number of halogens is 5. The van der Waals surface area contributed by atoms with Gasteiger partial charge < -0.3 is 9.72 Å². The molecular formula is C14H10BrClF3N3O. The number of hydrogen-bond donors (Lipinski definition) is 1. The average Bonchev–Trinajstić information content (AvgIpc) is 2.83. The molecule has 0 aliphatic carbocycles. The van der Waals surface area contributed by atoms with Crippen LogP contribution in [-0.4, -0.2) is 16.6 Å². The Morgan fingerprint density at radius 1 is 1.52 bits per heavy atom. The summed E-state index contributed by atoms with van der Waals surface area (Å²) in [4.78, 5) is 6.15. The van der Waals surface area contributed by atoms with Gasteiger partial charge in [-0.3, -0.25) is 0 Å². The molecule has 0 aromatic carbocycles. The number of nitriles is 1. The topological polar surface area (TPSA) is 61.7 Å². The van der Waals surface area contributed by atoms with Gasteiger partial charge in [0.25, 0.3) is 0 Å². The molecule has 2 aromatic rings. The van der Waals surface area contributed by atoms with Crippen LogP contribution in [0.25, 0.3) is 11.3 Å².